The zero-order valence-corrected chi connectivity index (χ0v) is 15.3. The fourth-order valence-electron chi connectivity index (χ4n) is 3.33. The van der Waals surface area contributed by atoms with Crippen LogP contribution in [-0.4, -0.2) is 29.1 Å². The normalized spacial score (nSPS) is 15.5. The molecule has 24 heavy (non-hydrogen) atoms. The molecule has 0 atom stereocenters. The van der Waals surface area contributed by atoms with Crippen LogP contribution in [0.25, 0.3) is 11.3 Å². The SMILES string of the molecule is Cc1onc(-c2c(Cl)cccc2Cl)c1C(=O)N(C)C1CCCCC1. The Labute approximate surface area is 151 Å². The molecule has 1 aromatic carbocycles. The van der Waals surface area contributed by atoms with Gasteiger partial charge in [0.2, 0.25) is 0 Å². The number of nitrogens with zero attached hydrogens (tertiary/aromatic N) is 2. The van der Waals surface area contributed by atoms with Crippen LogP contribution in [0.15, 0.2) is 22.7 Å². The predicted molar refractivity (Wildman–Crippen MR) is 95.7 cm³/mol. The van der Waals surface area contributed by atoms with E-state index < -0.39 is 0 Å². The highest BCUT2D eigenvalue weighted by Crippen LogP contribution is 2.37. The lowest BCUT2D eigenvalue weighted by Crippen LogP contribution is -2.38. The average molecular weight is 367 g/mol. The van der Waals surface area contributed by atoms with Crippen molar-refractivity contribution < 1.29 is 9.32 Å². The second-order valence-corrected chi connectivity index (χ2v) is 7.08. The van der Waals surface area contributed by atoms with Gasteiger partial charge in [-0.3, -0.25) is 4.79 Å². The molecule has 1 aliphatic rings. The van der Waals surface area contributed by atoms with Crippen LogP contribution in [-0.2, 0) is 0 Å². The van der Waals surface area contributed by atoms with Crippen LogP contribution in [0.4, 0.5) is 0 Å². The van der Waals surface area contributed by atoms with E-state index in [4.69, 9.17) is 27.7 Å². The molecule has 128 valence electrons. The number of carbonyl (C=O) groups excluding carboxylic acids is 1. The van der Waals surface area contributed by atoms with Crippen molar-refractivity contribution in [2.45, 2.75) is 45.1 Å². The van der Waals surface area contributed by atoms with Crippen LogP contribution >= 0.6 is 23.2 Å². The molecule has 1 fully saturated rings. The maximum Gasteiger partial charge on any atom is 0.259 e. The molecule has 1 saturated carbocycles. The quantitative estimate of drug-likeness (QED) is 0.734. The van der Waals surface area contributed by atoms with E-state index in [1.807, 2.05) is 11.9 Å². The Morgan fingerprint density at radius 2 is 1.83 bits per heavy atom. The molecule has 0 bridgehead atoms. The third kappa shape index (κ3) is 3.17. The van der Waals surface area contributed by atoms with Crippen LogP contribution in [0.5, 0.6) is 0 Å². The summed E-state index contributed by atoms with van der Waals surface area (Å²) in [5, 5.41) is 4.96. The Bertz CT molecular complexity index is 731. The minimum Gasteiger partial charge on any atom is -0.360 e. The lowest BCUT2D eigenvalue weighted by Gasteiger charge is -2.31. The summed E-state index contributed by atoms with van der Waals surface area (Å²) in [4.78, 5) is 14.9. The minimum atomic E-state index is -0.0911. The first-order valence-corrected chi connectivity index (χ1v) is 8.94. The van der Waals surface area contributed by atoms with Crippen molar-refractivity contribution in [1.29, 1.82) is 0 Å². The van der Waals surface area contributed by atoms with Crippen LogP contribution in [0, 0.1) is 6.92 Å². The Morgan fingerprint density at radius 1 is 1.21 bits per heavy atom. The van der Waals surface area contributed by atoms with E-state index in [0.717, 1.165) is 25.7 Å². The van der Waals surface area contributed by atoms with Crippen molar-refractivity contribution >= 4 is 29.1 Å². The molecule has 0 spiro atoms. The first-order valence-electron chi connectivity index (χ1n) is 8.18. The maximum atomic E-state index is 13.1. The molecule has 0 saturated heterocycles. The van der Waals surface area contributed by atoms with E-state index in [2.05, 4.69) is 5.16 Å². The largest absolute Gasteiger partial charge is 0.360 e. The second kappa shape index (κ2) is 7.16. The Morgan fingerprint density at radius 3 is 2.46 bits per heavy atom. The molecular formula is C18H20Cl2N2O2. The van der Waals surface area contributed by atoms with E-state index in [0.29, 0.717) is 32.6 Å². The van der Waals surface area contributed by atoms with Crippen molar-refractivity contribution in [3.05, 3.63) is 39.6 Å². The number of aromatic nitrogens is 1. The van der Waals surface area contributed by atoms with Gasteiger partial charge in [-0.1, -0.05) is 53.7 Å². The summed E-state index contributed by atoms with van der Waals surface area (Å²) in [7, 11) is 1.85. The number of hydrogen-bond acceptors (Lipinski definition) is 3. The first kappa shape index (κ1) is 17.3. The van der Waals surface area contributed by atoms with Crippen LogP contribution in [0.3, 0.4) is 0 Å². The number of aryl methyl sites for hydroxylation is 1. The van der Waals surface area contributed by atoms with Gasteiger partial charge in [0.1, 0.15) is 17.0 Å². The fourth-order valence-corrected chi connectivity index (χ4v) is 3.91. The topological polar surface area (TPSA) is 46.3 Å². The van der Waals surface area contributed by atoms with Crippen LogP contribution < -0.4 is 0 Å². The zero-order chi connectivity index (χ0) is 17.3. The van der Waals surface area contributed by atoms with Crippen molar-refractivity contribution in [1.82, 2.24) is 10.1 Å². The molecule has 2 aromatic rings. The molecule has 3 rings (SSSR count). The minimum absolute atomic E-state index is 0.0911. The summed E-state index contributed by atoms with van der Waals surface area (Å²) >= 11 is 12.6. The summed E-state index contributed by atoms with van der Waals surface area (Å²) in [5.74, 6) is 0.389. The molecule has 0 radical (unpaired) electrons. The zero-order valence-electron chi connectivity index (χ0n) is 13.8. The van der Waals surface area contributed by atoms with E-state index in [-0.39, 0.29) is 11.9 Å². The van der Waals surface area contributed by atoms with Gasteiger partial charge in [-0.25, -0.2) is 0 Å². The summed E-state index contributed by atoms with van der Waals surface area (Å²) in [6, 6.07) is 5.48. The summed E-state index contributed by atoms with van der Waals surface area (Å²) in [6.45, 7) is 1.74. The van der Waals surface area contributed by atoms with Gasteiger partial charge in [-0.15, -0.1) is 0 Å². The van der Waals surface area contributed by atoms with Gasteiger partial charge < -0.3 is 9.42 Å². The van der Waals surface area contributed by atoms with Gasteiger partial charge in [-0.05, 0) is 31.9 Å². The van der Waals surface area contributed by atoms with E-state index in [1.165, 1.54) is 6.42 Å². The number of halogens is 2. The number of carbonyl (C=O) groups is 1. The number of amides is 1. The van der Waals surface area contributed by atoms with Gasteiger partial charge in [-0.2, -0.15) is 0 Å². The molecule has 0 N–H and O–H groups in total. The first-order chi connectivity index (χ1) is 11.5. The lowest BCUT2D eigenvalue weighted by molar-refractivity contribution is 0.0695. The number of hydrogen-bond donors (Lipinski definition) is 0. The van der Waals surface area contributed by atoms with Crippen LogP contribution in [0.1, 0.15) is 48.2 Å². The molecule has 1 heterocycles. The van der Waals surface area contributed by atoms with E-state index in [1.54, 1.807) is 25.1 Å². The molecular weight excluding hydrogens is 347 g/mol. The highest BCUT2D eigenvalue weighted by atomic mass is 35.5. The van der Waals surface area contributed by atoms with Gasteiger partial charge in [0.25, 0.3) is 5.91 Å². The lowest BCUT2D eigenvalue weighted by atomic mass is 9.94. The van der Waals surface area contributed by atoms with E-state index >= 15 is 0 Å². The fraction of sp³-hybridized carbons (Fsp3) is 0.444. The number of rotatable bonds is 3. The molecule has 4 nitrogen and oxygen atoms in total. The standard InChI is InChI=1S/C18H20Cl2N2O2/c1-11-15(18(23)22(2)12-7-4-3-5-8-12)17(21-24-11)16-13(19)9-6-10-14(16)20/h6,9-10,12H,3-5,7-8H2,1-2H3. The molecule has 0 aliphatic heterocycles. The third-order valence-corrected chi connectivity index (χ3v) is 5.35. The van der Waals surface area contributed by atoms with Crippen molar-refractivity contribution in [2.24, 2.45) is 0 Å². The van der Waals surface area contributed by atoms with Gasteiger partial charge in [0.05, 0.1) is 10.0 Å². The molecule has 6 heteroatoms. The Kier molecular flexibility index (Phi) is 5.16. The van der Waals surface area contributed by atoms with Crippen molar-refractivity contribution in [2.75, 3.05) is 7.05 Å². The van der Waals surface area contributed by atoms with Gasteiger partial charge in [0.15, 0.2) is 0 Å². The van der Waals surface area contributed by atoms with Crippen molar-refractivity contribution in [3.8, 4) is 11.3 Å². The third-order valence-electron chi connectivity index (χ3n) is 4.72. The van der Waals surface area contributed by atoms with Crippen molar-refractivity contribution in [3.63, 3.8) is 0 Å². The second-order valence-electron chi connectivity index (χ2n) is 6.27. The van der Waals surface area contributed by atoms with Gasteiger partial charge >= 0.3 is 0 Å². The molecule has 0 unspecified atom stereocenters. The molecule has 1 amide bonds. The Hall–Kier alpha value is -1.52. The van der Waals surface area contributed by atoms with E-state index in [9.17, 15) is 4.79 Å². The maximum absolute atomic E-state index is 13.1. The highest BCUT2D eigenvalue weighted by molar-refractivity contribution is 6.39. The average Bonchev–Trinajstić information content (AvgIpc) is 2.95. The molecule has 1 aromatic heterocycles. The highest BCUT2D eigenvalue weighted by Gasteiger charge is 2.30. The summed E-state index contributed by atoms with van der Waals surface area (Å²) in [5.41, 5.74) is 1.40. The Balaban J connectivity index is 2.00. The predicted octanol–water partition coefficient (Wildman–Crippen LogP) is 5.36. The monoisotopic (exact) mass is 366 g/mol. The summed E-state index contributed by atoms with van der Waals surface area (Å²) in [6.07, 6.45) is 5.64. The molecule has 1 aliphatic carbocycles. The van der Waals surface area contributed by atoms with Crippen LogP contribution in [0.2, 0.25) is 10.0 Å². The number of benzene rings is 1. The van der Waals surface area contributed by atoms with Gasteiger partial charge in [0, 0.05) is 18.7 Å². The summed E-state index contributed by atoms with van der Waals surface area (Å²) < 4.78 is 5.30. The smallest absolute Gasteiger partial charge is 0.259 e.